The molecule has 0 aliphatic carbocycles. The van der Waals surface area contributed by atoms with Gasteiger partial charge in [0.2, 0.25) is 0 Å². The minimum absolute atomic E-state index is 0.0358. The topological polar surface area (TPSA) is 18.5 Å². The van der Waals surface area contributed by atoms with Crippen molar-refractivity contribution in [3.8, 4) is 0 Å². The number of hydrogen-bond acceptors (Lipinski definition) is 2. The third kappa shape index (κ3) is 3.41. The molecule has 1 saturated heterocycles. The molecule has 0 radical (unpaired) electrons. The van der Waals surface area contributed by atoms with E-state index in [1.807, 2.05) is 0 Å². The van der Waals surface area contributed by atoms with Gasteiger partial charge in [-0.25, -0.2) is 0 Å². The van der Waals surface area contributed by atoms with Crippen molar-refractivity contribution in [1.82, 2.24) is 0 Å². The summed E-state index contributed by atoms with van der Waals surface area (Å²) >= 11 is 0. The highest BCUT2D eigenvalue weighted by Gasteiger charge is 2.41. The van der Waals surface area contributed by atoms with E-state index in [2.05, 4.69) is 34.2 Å². The lowest BCUT2D eigenvalue weighted by molar-refractivity contribution is 0.0159. The standard InChI is InChI=1S/C10H22O2Si/c1-9(2)11-13(5)8-6-7-10(3,4)12-13/h9H,6-8H2,1-5H3. The molecule has 0 spiro atoms. The first-order chi connectivity index (χ1) is 5.83. The highest BCUT2D eigenvalue weighted by Crippen LogP contribution is 2.34. The molecule has 0 N–H and O–H groups in total. The fourth-order valence-corrected chi connectivity index (χ4v) is 5.46. The van der Waals surface area contributed by atoms with Crippen molar-refractivity contribution in [3.63, 3.8) is 0 Å². The average molecular weight is 202 g/mol. The van der Waals surface area contributed by atoms with Crippen LogP contribution in [-0.2, 0) is 8.85 Å². The molecule has 1 heterocycles. The minimum atomic E-state index is -1.84. The number of hydrogen-bond donors (Lipinski definition) is 0. The van der Waals surface area contributed by atoms with E-state index < -0.39 is 8.56 Å². The monoisotopic (exact) mass is 202 g/mol. The first-order valence-corrected chi connectivity index (χ1v) is 7.73. The van der Waals surface area contributed by atoms with E-state index in [4.69, 9.17) is 8.85 Å². The van der Waals surface area contributed by atoms with E-state index in [1.165, 1.54) is 6.42 Å². The molecule has 13 heavy (non-hydrogen) atoms. The molecule has 0 bridgehead atoms. The molecule has 0 amide bonds. The third-order valence-corrected chi connectivity index (χ3v) is 5.60. The molecular formula is C10H22O2Si. The van der Waals surface area contributed by atoms with Crippen LogP contribution in [0.15, 0.2) is 0 Å². The van der Waals surface area contributed by atoms with Crippen LogP contribution in [0.1, 0.15) is 40.5 Å². The highest BCUT2D eigenvalue weighted by atomic mass is 28.4. The molecule has 78 valence electrons. The second-order valence-corrected chi connectivity index (χ2v) is 8.22. The highest BCUT2D eigenvalue weighted by molar-refractivity contribution is 6.66. The van der Waals surface area contributed by atoms with Crippen molar-refractivity contribution in [2.75, 3.05) is 0 Å². The Kier molecular flexibility index (Phi) is 3.20. The van der Waals surface area contributed by atoms with Gasteiger partial charge < -0.3 is 8.85 Å². The lowest BCUT2D eigenvalue weighted by Crippen LogP contribution is -2.50. The van der Waals surface area contributed by atoms with E-state index in [9.17, 15) is 0 Å². The van der Waals surface area contributed by atoms with Gasteiger partial charge in [-0.2, -0.15) is 0 Å². The molecule has 1 fully saturated rings. The Morgan fingerprint density at radius 1 is 1.38 bits per heavy atom. The largest absolute Gasteiger partial charge is 0.392 e. The molecule has 0 aromatic heterocycles. The van der Waals surface area contributed by atoms with Crippen molar-refractivity contribution in [3.05, 3.63) is 0 Å². The molecule has 2 nitrogen and oxygen atoms in total. The predicted molar refractivity (Wildman–Crippen MR) is 57.0 cm³/mol. The third-order valence-electron chi connectivity index (χ3n) is 2.39. The first kappa shape index (κ1) is 11.2. The summed E-state index contributed by atoms with van der Waals surface area (Å²) in [6.45, 7) is 10.7. The van der Waals surface area contributed by atoms with Crippen LogP contribution in [0.25, 0.3) is 0 Å². The zero-order chi connectivity index (χ0) is 10.1. The first-order valence-electron chi connectivity index (χ1n) is 5.21. The lowest BCUT2D eigenvalue weighted by Gasteiger charge is -2.42. The van der Waals surface area contributed by atoms with E-state index in [1.54, 1.807) is 0 Å². The molecule has 0 aromatic carbocycles. The fraction of sp³-hybridized carbons (Fsp3) is 1.00. The van der Waals surface area contributed by atoms with Gasteiger partial charge in [0.05, 0.1) is 5.60 Å². The Morgan fingerprint density at radius 3 is 2.46 bits per heavy atom. The Balaban J connectivity index is 2.58. The van der Waals surface area contributed by atoms with Gasteiger partial charge in [0.25, 0.3) is 0 Å². The summed E-state index contributed by atoms with van der Waals surface area (Å²) in [5.41, 5.74) is 0.0358. The molecule has 1 aliphatic heterocycles. The minimum Gasteiger partial charge on any atom is -0.392 e. The van der Waals surface area contributed by atoms with Gasteiger partial charge in [-0.15, -0.1) is 0 Å². The second kappa shape index (κ2) is 3.71. The van der Waals surface area contributed by atoms with Crippen molar-refractivity contribution >= 4 is 8.56 Å². The van der Waals surface area contributed by atoms with E-state index in [0.717, 1.165) is 12.5 Å². The van der Waals surface area contributed by atoms with Crippen LogP contribution in [0.5, 0.6) is 0 Å². The molecule has 1 atom stereocenters. The van der Waals surface area contributed by atoms with Gasteiger partial charge in [-0.1, -0.05) is 0 Å². The average Bonchev–Trinajstić information content (AvgIpc) is 1.79. The summed E-state index contributed by atoms with van der Waals surface area (Å²) in [7, 11) is -1.84. The van der Waals surface area contributed by atoms with Gasteiger partial charge in [0.15, 0.2) is 0 Å². The van der Waals surface area contributed by atoms with E-state index in [0.29, 0.717) is 6.10 Å². The van der Waals surface area contributed by atoms with Crippen molar-refractivity contribution in [2.45, 2.75) is 64.8 Å². The van der Waals surface area contributed by atoms with Crippen LogP contribution in [0.3, 0.4) is 0 Å². The zero-order valence-corrected chi connectivity index (χ0v) is 10.5. The fourth-order valence-electron chi connectivity index (χ4n) is 2.10. The normalized spacial score (nSPS) is 33.7. The van der Waals surface area contributed by atoms with Gasteiger partial charge in [-0.3, -0.25) is 0 Å². The summed E-state index contributed by atoms with van der Waals surface area (Å²) in [5, 5.41) is 0. The quantitative estimate of drug-likeness (QED) is 0.641. The molecular weight excluding hydrogens is 180 g/mol. The molecule has 0 aromatic rings. The van der Waals surface area contributed by atoms with Gasteiger partial charge >= 0.3 is 8.56 Å². The van der Waals surface area contributed by atoms with Crippen LogP contribution in [-0.4, -0.2) is 20.3 Å². The maximum Gasteiger partial charge on any atom is 0.335 e. The second-order valence-electron chi connectivity index (χ2n) is 5.02. The SMILES string of the molecule is CC(C)O[Si]1(C)CCCC(C)(C)O1. The molecule has 1 rings (SSSR count). The van der Waals surface area contributed by atoms with Gasteiger partial charge in [-0.05, 0) is 53.1 Å². The van der Waals surface area contributed by atoms with Crippen LogP contribution in [0.4, 0.5) is 0 Å². The summed E-state index contributed by atoms with van der Waals surface area (Å²) in [4.78, 5) is 0. The Bertz CT molecular complexity index is 180. The molecule has 1 unspecified atom stereocenters. The van der Waals surface area contributed by atoms with E-state index >= 15 is 0 Å². The molecule has 0 saturated carbocycles. The van der Waals surface area contributed by atoms with Gasteiger partial charge in [0, 0.05) is 6.10 Å². The summed E-state index contributed by atoms with van der Waals surface area (Å²) in [5.74, 6) is 0. The van der Waals surface area contributed by atoms with Crippen LogP contribution >= 0.6 is 0 Å². The van der Waals surface area contributed by atoms with Crippen LogP contribution in [0, 0.1) is 0 Å². The lowest BCUT2D eigenvalue weighted by atomic mass is 10.0. The van der Waals surface area contributed by atoms with Crippen molar-refractivity contribution in [1.29, 1.82) is 0 Å². The number of rotatable bonds is 2. The smallest absolute Gasteiger partial charge is 0.335 e. The zero-order valence-electron chi connectivity index (χ0n) is 9.52. The summed E-state index contributed by atoms with van der Waals surface area (Å²) < 4.78 is 12.0. The Morgan fingerprint density at radius 2 is 2.00 bits per heavy atom. The predicted octanol–water partition coefficient (Wildman–Crippen LogP) is 3.07. The Labute approximate surface area is 82.9 Å². The van der Waals surface area contributed by atoms with Crippen LogP contribution in [0.2, 0.25) is 12.6 Å². The Hall–Kier alpha value is 0.137. The van der Waals surface area contributed by atoms with Crippen molar-refractivity contribution < 1.29 is 8.85 Å². The van der Waals surface area contributed by atoms with Crippen LogP contribution < -0.4 is 0 Å². The van der Waals surface area contributed by atoms with Crippen molar-refractivity contribution in [2.24, 2.45) is 0 Å². The summed E-state index contributed by atoms with van der Waals surface area (Å²) in [6.07, 6.45) is 2.71. The maximum absolute atomic E-state index is 6.09. The maximum atomic E-state index is 6.09. The molecule has 3 heteroatoms. The van der Waals surface area contributed by atoms with Gasteiger partial charge in [0.1, 0.15) is 0 Å². The van der Waals surface area contributed by atoms with E-state index in [-0.39, 0.29) is 5.60 Å². The summed E-state index contributed by atoms with van der Waals surface area (Å²) in [6, 6.07) is 1.15. The molecule has 1 aliphatic rings.